The Balaban J connectivity index is 1.79. The van der Waals surface area contributed by atoms with Gasteiger partial charge in [0.15, 0.2) is 4.47 Å². The smallest absolute Gasteiger partial charge is 0.183 e. The number of halogens is 1. The highest BCUT2D eigenvalue weighted by atomic mass is 35.5. The maximum Gasteiger partial charge on any atom is 0.183 e. The van der Waals surface area contributed by atoms with Crippen molar-refractivity contribution < 1.29 is 0 Å². The molecule has 0 amide bonds. The Hall–Kier alpha value is -0.530. The molecule has 0 spiro atoms. The second kappa shape index (κ2) is 6.58. The van der Waals surface area contributed by atoms with Crippen molar-refractivity contribution in [3.8, 4) is 0 Å². The number of hydrogen-bond acceptors (Lipinski definition) is 6. The Labute approximate surface area is 119 Å². The first-order valence-corrected chi connectivity index (χ1v) is 7.71. The number of nitrogens with two attached hydrogens (primary N) is 1. The third-order valence-electron chi connectivity index (χ3n) is 2.48. The molecule has 2 heterocycles. The van der Waals surface area contributed by atoms with Crippen molar-refractivity contribution >= 4 is 34.3 Å². The largest absolute Gasteiger partial charge is 0.325 e. The van der Waals surface area contributed by atoms with Crippen LogP contribution in [-0.4, -0.2) is 16.5 Å². The van der Waals surface area contributed by atoms with Crippen LogP contribution in [0.2, 0.25) is 4.47 Å². The molecule has 3 N–H and O–H groups in total. The fourth-order valence-electron chi connectivity index (χ4n) is 1.51. The molecule has 0 fully saturated rings. The number of aromatic nitrogens is 2. The summed E-state index contributed by atoms with van der Waals surface area (Å²) in [6.45, 7) is 4.35. The summed E-state index contributed by atoms with van der Waals surface area (Å²) in [4.78, 5) is 9.64. The minimum atomic E-state index is 0.388. The van der Waals surface area contributed by atoms with E-state index in [-0.39, 0.29) is 0 Å². The monoisotopic (exact) mass is 302 g/mol. The Kier molecular flexibility index (Phi) is 5.08. The van der Waals surface area contributed by atoms with E-state index in [0.29, 0.717) is 16.9 Å². The third-order valence-corrected chi connectivity index (χ3v) is 4.72. The quantitative estimate of drug-likeness (QED) is 0.861. The average Bonchev–Trinajstić information content (AvgIpc) is 2.98. The second-order valence-corrected chi connectivity index (χ2v) is 6.58. The highest BCUT2D eigenvalue weighted by Gasteiger charge is 2.10. The number of thiazole rings is 2. The van der Waals surface area contributed by atoms with E-state index in [2.05, 4.69) is 22.2 Å². The molecule has 1 atom stereocenters. The highest BCUT2D eigenvalue weighted by Crippen LogP contribution is 2.20. The fourth-order valence-corrected chi connectivity index (χ4v) is 3.35. The molecule has 98 valence electrons. The van der Waals surface area contributed by atoms with Gasteiger partial charge in [-0.25, -0.2) is 9.97 Å². The van der Waals surface area contributed by atoms with E-state index in [1.54, 1.807) is 17.5 Å². The van der Waals surface area contributed by atoms with Gasteiger partial charge in [0.25, 0.3) is 0 Å². The first-order valence-electron chi connectivity index (χ1n) is 5.64. The van der Waals surface area contributed by atoms with Gasteiger partial charge in [-0.2, -0.15) is 0 Å². The van der Waals surface area contributed by atoms with Gasteiger partial charge >= 0.3 is 0 Å². The van der Waals surface area contributed by atoms with Crippen molar-refractivity contribution in [2.45, 2.75) is 25.9 Å². The van der Waals surface area contributed by atoms with Gasteiger partial charge in [-0.3, -0.25) is 0 Å². The van der Waals surface area contributed by atoms with Gasteiger partial charge in [0.2, 0.25) is 0 Å². The van der Waals surface area contributed by atoms with Crippen LogP contribution in [0.25, 0.3) is 0 Å². The van der Waals surface area contributed by atoms with Gasteiger partial charge in [-0.05, 0) is 0 Å². The van der Waals surface area contributed by atoms with Crippen LogP contribution in [0.1, 0.15) is 28.4 Å². The molecular weight excluding hydrogens is 288 g/mol. The molecule has 0 aromatic carbocycles. The second-order valence-electron chi connectivity index (χ2n) is 3.99. The number of hydrogen-bond donors (Lipinski definition) is 2. The summed E-state index contributed by atoms with van der Waals surface area (Å²) < 4.78 is 0.590. The lowest BCUT2D eigenvalue weighted by molar-refractivity contribution is 0.615. The molecule has 2 rings (SSSR count). The maximum absolute atomic E-state index is 5.78. The lowest BCUT2D eigenvalue weighted by atomic mass is 10.2. The van der Waals surface area contributed by atoms with E-state index in [1.165, 1.54) is 11.3 Å². The first kappa shape index (κ1) is 13.9. The van der Waals surface area contributed by atoms with E-state index in [0.717, 1.165) is 28.7 Å². The van der Waals surface area contributed by atoms with Gasteiger partial charge in [0.1, 0.15) is 0 Å². The first-order chi connectivity index (χ1) is 8.69. The third kappa shape index (κ3) is 3.73. The summed E-state index contributed by atoms with van der Waals surface area (Å²) in [6, 6.07) is 0. The standard InChI is InChI=1S/C11H15ClN4S2/c1-7(10-16-8(2-13)6-17-10)3-14-4-9-5-15-11(12)18-9/h5-7,14H,2-4,13H2,1H3. The number of nitrogens with one attached hydrogen (secondary N) is 1. The Morgan fingerprint density at radius 3 is 3.00 bits per heavy atom. The van der Waals surface area contributed by atoms with Crippen molar-refractivity contribution in [3.63, 3.8) is 0 Å². The van der Waals surface area contributed by atoms with E-state index in [4.69, 9.17) is 17.3 Å². The lowest BCUT2D eigenvalue weighted by Gasteiger charge is -2.08. The summed E-state index contributed by atoms with van der Waals surface area (Å²) in [5, 5.41) is 6.54. The molecule has 0 aliphatic heterocycles. The van der Waals surface area contributed by atoms with Crippen molar-refractivity contribution in [2.24, 2.45) is 5.73 Å². The molecule has 0 radical (unpaired) electrons. The van der Waals surface area contributed by atoms with Crippen LogP contribution in [-0.2, 0) is 13.1 Å². The van der Waals surface area contributed by atoms with E-state index >= 15 is 0 Å². The molecular formula is C11H15ClN4S2. The molecule has 0 aliphatic carbocycles. The molecule has 2 aromatic rings. The Morgan fingerprint density at radius 2 is 2.39 bits per heavy atom. The fraction of sp³-hybridized carbons (Fsp3) is 0.455. The summed E-state index contributed by atoms with van der Waals surface area (Å²) >= 11 is 8.95. The number of nitrogens with zero attached hydrogens (tertiary/aromatic N) is 2. The molecule has 18 heavy (non-hydrogen) atoms. The van der Waals surface area contributed by atoms with Gasteiger partial charge in [-0.1, -0.05) is 18.5 Å². The molecule has 2 aromatic heterocycles. The van der Waals surface area contributed by atoms with Crippen LogP contribution in [0.4, 0.5) is 0 Å². The van der Waals surface area contributed by atoms with Crippen LogP contribution < -0.4 is 11.1 Å². The molecule has 7 heteroatoms. The van der Waals surface area contributed by atoms with E-state index in [9.17, 15) is 0 Å². The zero-order chi connectivity index (χ0) is 13.0. The zero-order valence-corrected chi connectivity index (χ0v) is 12.4. The van der Waals surface area contributed by atoms with Gasteiger partial charge in [0, 0.05) is 42.0 Å². The Morgan fingerprint density at radius 1 is 1.56 bits per heavy atom. The summed E-state index contributed by atoms with van der Waals surface area (Å²) in [7, 11) is 0. The molecule has 1 unspecified atom stereocenters. The van der Waals surface area contributed by atoms with Crippen molar-refractivity contribution in [1.29, 1.82) is 0 Å². The van der Waals surface area contributed by atoms with Crippen molar-refractivity contribution in [3.05, 3.63) is 31.6 Å². The molecule has 0 saturated heterocycles. The highest BCUT2D eigenvalue weighted by molar-refractivity contribution is 7.15. The SMILES string of the molecule is CC(CNCc1cnc(Cl)s1)c1nc(CN)cs1. The zero-order valence-electron chi connectivity index (χ0n) is 10.0. The summed E-state index contributed by atoms with van der Waals surface area (Å²) in [6.07, 6.45) is 1.81. The lowest BCUT2D eigenvalue weighted by Crippen LogP contribution is -2.19. The van der Waals surface area contributed by atoms with E-state index in [1.807, 2.05) is 5.38 Å². The molecule has 0 bridgehead atoms. The Bertz CT molecular complexity index is 497. The predicted octanol–water partition coefficient (Wildman–Crippen LogP) is 2.61. The molecule has 0 aliphatic rings. The van der Waals surface area contributed by atoms with Crippen LogP contribution >= 0.6 is 34.3 Å². The van der Waals surface area contributed by atoms with Crippen LogP contribution in [0.5, 0.6) is 0 Å². The normalized spacial score (nSPS) is 12.8. The summed E-state index contributed by atoms with van der Waals surface area (Å²) in [5.41, 5.74) is 6.52. The maximum atomic E-state index is 5.78. The van der Waals surface area contributed by atoms with Crippen LogP contribution in [0.15, 0.2) is 11.6 Å². The summed E-state index contributed by atoms with van der Waals surface area (Å²) in [5.74, 6) is 0.388. The van der Waals surface area contributed by atoms with Crippen molar-refractivity contribution in [2.75, 3.05) is 6.54 Å². The predicted molar refractivity (Wildman–Crippen MR) is 77.3 cm³/mol. The average molecular weight is 303 g/mol. The van der Waals surface area contributed by atoms with Gasteiger partial charge in [0.05, 0.1) is 10.7 Å². The van der Waals surface area contributed by atoms with Crippen LogP contribution in [0.3, 0.4) is 0 Å². The minimum Gasteiger partial charge on any atom is -0.325 e. The van der Waals surface area contributed by atoms with Gasteiger partial charge in [-0.15, -0.1) is 22.7 Å². The minimum absolute atomic E-state index is 0.388. The van der Waals surface area contributed by atoms with Gasteiger partial charge < -0.3 is 11.1 Å². The molecule has 4 nitrogen and oxygen atoms in total. The van der Waals surface area contributed by atoms with Crippen LogP contribution in [0, 0.1) is 0 Å². The molecule has 0 saturated carbocycles. The van der Waals surface area contributed by atoms with E-state index < -0.39 is 0 Å². The van der Waals surface area contributed by atoms with Crippen molar-refractivity contribution in [1.82, 2.24) is 15.3 Å². The number of rotatable bonds is 6. The topological polar surface area (TPSA) is 63.8 Å².